The lowest BCUT2D eigenvalue weighted by molar-refractivity contribution is 0.317. The van der Waals surface area contributed by atoms with Crippen molar-refractivity contribution in [3.8, 4) is 0 Å². The standard InChI is InChI=1S/C17H27NS/c1-3-6-14-9-10-16(18)17(11-14)19-12-15-8-5-4-7-13(15)2/h4-5,7-8,14,16-17H,3,6,9-12,18H2,1-2H3. The summed E-state index contributed by atoms with van der Waals surface area (Å²) < 4.78 is 0. The van der Waals surface area contributed by atoms with Gasteiger partial charge in [-0.25, -0.2) is 0 Å². The largest absolute Gasteiger partial charge is 0.327 e. The molecule has 1 aromatic carbocycles. The van der Waals surface area contributed by atoms with E-state index in [4.69, 9.17) is 5.73 Å². The molecule has 1 aliphatic rings. The van der Waals surface area contributed by atoms with Crippen LogP contribution in [-0.4, -0.2) is 11.3 Å². The molecular formula is C17H27NS. The third-order valence-electron chi connectivity index (χ3n) is 4.36. The summed E-state index contributed by atoms with van der Waals surface area (Å²) in [5.41, 5.74) is 9.20. The molecular weight excluding hydrogens is 250 g/mol. The van der Waals surface area contributed by atoms with Gasteiger partial charge in [-0.15, -0.1) is 0 Å². The van der Waals surface area contributed by atoms with E-state index < -0.39 is 0 Å². The van der Waals surface area contributed by atoms with Crippen LogP contribution < -0.4 is 5.73 Å². The van der Waals surface area contributed by atoms with Crippen LogP contribution in [0.4, 0.5) is 0 Å². The smallest absolute Gasteiger partial charge is 0.0204 e. The Morgan fingerprint density at radius 1 is 1.26 bits per heavy atom. The van der Waals surface area contributed by atoms with E-state index in [2.05, 4.69) is 49.9 Å². The molecule has 1 fully saturated rings. The van der Waals surface area contributed by atoms with E-state index in [1.807, 2.05) is 0 Å². The van der Waals surface area contributed by atoms with E-state index in [9.17, 15) is 0 Å². The number of hydrogen-bond acceptors (Lipinski definition) is 2. The minimum Gasteiger partial charge on any atom is -0.327 e. The van der Waals surface area contributed by atoms with Gasteiger partial charge in [-0.2, -0.15) is 11.8 Å². The van der Waals surface area contributed by atoms with Crippen LogP contribution in [-0.2, 0) is 5.75 Å². The van der Waals surface area contributed by atoms with Crippen LogP contribution in [0.25, 0.3) is 0 Å². The predicted molar refractivity (Wildman–Crippen MR) is 86.5 cm³/mol. The van der Waals surface area contributed by atoms with Crippen LogP contribution in [0.1, 0.15) is 50.2 Å². The summed E-state index contributed by atoms with van der Waals surface area (Å²) in [5.74, 6) is 2.03. The Labute approximate surface area is 122 Å². The molecule has 1 aliphatic carbocycles. The Kier molecular flexibility index (Phi) is 5.77. The molecule has 0 aromatic heterocycles. The van der Waals surface area contributed by atoms with Gasteiger partial charge in [-0.3, -0.25) is 0 Å². The van der Waals surface area contributed by atoms with Gasteiger partial charge in [0, 0.05) is 17.0 Å². The van der Waals surface area contributed by atoms with Crippen LogP contribution in [0.5, 0.6) is 0 Å². The van der Waals surface area contributed by atoms with Gasteiger partial charge in [-0.05, 0) is 43.2 Å². The molecule has 0 bridgehead atoms. The average Bonchev–Trinajstić information content (AvgIpc) is 2.41. The lowest BCUT2D eigenvalue weighted by atomic mass is 9.83. The first-order valence-electron chi connectivity index (χ1n) is 7.62. The molecule has 19 heavy (non-hydrogen) atoms. The summed E-state index contributed by atoms with van der Waals surface area (Å²) in [6, 6.07) is 9.12. The molecule has 0 heterocycles. The maximum atomic E-state index is 6.32. The maximum Gasteiger partial charge on any atom is 0.0204 e. The van der Waals surface area contributed by atoms with E-state index in [1.54, 1.807) is 0 Å². The average molecular weight is 277 g/mol. The van der Waals surface area contributed by atoms with Gasteiger partial charge in [0.1, 0.15) is 0 Å². The number of aryl methyl sites for hydroxylation is 1. The molecule has 2 heteroatoms. The zero-order chi connectivity index (χ0) is 13.7. The first kappa shape index (κ1) is 14.9. The van der Waals surface area contributed by atoms with Crippen molar-refractivity contribution in [3.05, 3.63) is 35.4 Å². The number of nitrogens with two attached hydrogens (primary N) is 1. The molecule has 1 aromatic rings. The first-order chi connectivity index (χ1) is 9.20. The number of benzene rings is 1. The highest BCUT2D eigenvalue weighted by Crippen LogP contribution is 2.35. The summed E-state index contributed by atoms with van der Waals surface area (Å²) in [6.45, 7) is 4.50. The van der Waals surface area contributed by atoms with Gasteiger partial charge in [0.2, 0.25) is 0 Å². The van der Waals surface area contributed by atoms with Crippen LogP contribution in [0.2, 0.25) is 0 Å². The molecule has 0 spiro atoms. The van der Waals surface area contributed by atoms with Crippen molar-refractivity contribution in [2.75, 3.05) is 0 Å². The van der Waals surface area contributed by atoms with Crippen LogP contribution in [0, 0.1) is 12.8 Å². The SMILES string of the molecule is CCCC1CCC(N)C(SCc2ccccc2C)C1. The van der Waals surface area contributed by atoms with E-state index in [0.29, 0.717) is 11.3 Å². The second-order valence-corrected chi connectivity index (χ2v) is 7.14. The summed E-state index contributed by atoms with van der Waals surface area (Å²) >= 11 is 2.08. The van der Waals surface area contributed by atoms with Gasteiger partial charge < -0.3 is 5.73 Å². The molecule has 3 atom stereocenters. The first-order valence-corrected chi connectivity index (χ1v) is 8.67. The van der Waals surface area contributed by atoms with E-state index in [1.165, 1.54) is 43.2 Å². The highest BCUT2D eigenvalue weighted by atomic mass is 32.2. The Morgan fingerprint density at radius 2 is 2.05 bits per heavy atom. The molecule has 0 radical (unpaired) electrons. The third-order valence-corrected chi connectivity index (χ3v) is 5.81. The fourth-order valence-electron chi connectivity index (χ4n) is 3.07. The lowest BCUT2D eigenvalue weighted by Crippen LogP contribution is -2.38. The second-order valence-electron chi connectivity index (χ2n) is 5.91. The van der Waals surface area contributed by atoms with Crippen LogP contribution in [0.3, 0.4) is 0 Å². The normalized spacial score (nSPS) is 27.4. The van der Waals surface area contributed by atoms with Gasteiger partial charge in [0.25, 0.3) is 0 Å². The van der Waals surface area contributed by atoms with Gasteiger partial charge in [0.15, 0.2) is 0 Å². The Hall–Kier alpha value is -0.470. The number of hydrogen-bond donors (Lipinski definition) is 1. The van der Waals surface area contributed by atoms with Crippen LogP contribution >= 0.6 is 11.8 Å². The topological polar surface area (TPSA) is 26.0 Å². The van der Waals surface area contributed by atoms with E-state index in [-0.39, 0.29) is 0 Å². The maximum absolute atomic E-state index is 6.32. The highest BCUT2D eigenvalue weighted by Gasteiger charge is 2.27. The zero-order valence-electron chi connectivity index (χ0n) is 12.3. The summed E-state index contributed by atoms with van der Waals surface area (Å²) in [6.07, 6.45) is 6.58. The van der Waals surface area contributed by atoms with Gasteiger partial charge >= 0.3 is 0 Å². The quantitative estimate of drug-likeness (QED) is 0.856. The monoisotopic (exact) mass is 277 g/mol. The second kappa shape index (κ2) is 7.35. The van der Waals surface area contributed by atoms with Crippen molar-refractivity contribution in [3.63, 3.8) is 0 Å². The Balaban J connectivity index is 1.88. The summed E-state index contributed by atoms with van der Waals surface area (Å²) in [4.78, 5) is 0. The third kappa shape index (κ3) is 4.25. The fourth-order valence-corrected chi connectivity index (χ4v) is 4.58. The molecule has 106 valence electrons. The molecule has 3 unspecified atom stereocenters. The summed E-state index contributed by atoms with van der Waals surface area (Å²) in [7, 11) is 0. The van der Waals surface area contributed by atoms with Gasteiger partial charge in [0.05, 0.1) is 0 Å². The summed E-state index contributed by atoms with van der Waals surface area (Å²) in [5, 5.41) is 0.657. The van der Waals surface area contributed by atoms with Crippen molar-refractivity contribution in [1.82, 2.24) is 0 Å². The van der Waals surface area contributed by atoms with Gasteiger partial charge in [-0.1, -0.05) is 44.0 Å². The van der Waals surface area contributed by atoms with Crippen molar-refractivity contribution < 1.29 is 0 Å². The molecule has 0 saturated heterocycles. The Morgan fingerprint density at radius 3 is 2.79 bits per heavy atom. The molecule has 2 rings (SSSR count). The highest BCUT2D eigenvalue weighted by molar-refractivity contribution is 7.99. The van der Waals surface area contributed by atoms with E-state index in [0.717, 1.165) is 11.7 Å². The van der Waals surface area contributed by atoms with Crippen molar-refractivity contribution in [2.24, 2.45) is 11.7 Å². The number of thioether (sulfide) groups is 1. The molecule has 1 saturated carbocycles. The molecule has 0 aliphatic heterocycles. The minimum atomic E-state index is 0.405. The van der Waals surface area contributed by atoms with Crippen molar-refractivity contribution in [2.45, 2.75) is 63.0 Å². The predicted octanol–water partition coefficient (Wildman–Crippen LogP) is 4.52. The molecule has 2 N–H and O–H groups in total. The zero-order valence-corrected chi connectivity index (χ0v) is 13.1. The minimum absolute atomic E-state index is 0.405. The Bertz CT molecular complexity index is 391. The van der Waals surface area contributed by atoms with E-state index >= 15 is 0 Å². The fraction of sp³-hybridized carbons (Fsp3) is 0.647. The van der Waals surface area contributed by atoms with Crippen molar-refractivity contribution >= 4 is 11.8 Å². The molecule has 1 nitrogen and oxygen atoms in total. The van der Waals surface area contributed by atoms with Crippen LogP contribution in [0.15, 0.2) is 24.3 Å². The van der Waals surface area contributed by atoms with Crippen molar-refractivity contribution in [1.29, 1.82) is 0 Å². The molecule has 0 amide bonds. The lowest BCUT2D eigenvalue weighted by Gasteiger charge is -2.33. The number of rotatable bonds is 5.